The van der Waals surface area contributed by atoms with Gasteiger partial charge in [-0.3, -0.25) is 4.79 Å². The maximum absolute atomic E-state index is 12.8. The minimum atomic E-state index is -4.41. The number of halogens is 4. The summed E-state index contributed by atoms with van der Waals surface area (Å²) in [4.78, 5) is 11.8. The van der Waals surface area contributed by atoms with Gasteiger partial charge in [-0.2, -0.15) is 13.2 Å². The van der Waals surface area contributed by atoms with E-state index in [0.29, 0.717) is 5.56 Å². The van der Waals surface area contributed by atoms with E-state index >= 15 is 0 Å². The molecule has 3 nitrogen and oxygen atoms in total. The molecule has 1 amide bonds. The first kappa shape index (κ1) is 20.7. The quantitative estimate of drug-likeness (QED) is 0.883. The van der Waals surface area contributed by atoms with Crippen LogP contribution in [0.15, 0.2) is 24.3 Å². The number of rotatable bonds is 3. The van der Waals surface area contributed by atoms with Crippen molar-refractivity contribution in [2.45, 2.75) is 46.0 Å². The van der Waals surface area contributed by atoms with Gasteiger partial charge < -0.3 is 11.1 Å². The van der Waals surface area contributed by atoms with Crippen LogP contribution in [0.1, 0.15) is 44.9 Å². The van der Waals surface area contributed by atoms with E-state index in [2.05, 4.69) is 5.32 Å². The zero-order valence-corrected chi connectivity index (χ0v) is 13.8. The molecule has 0 fully saturated rings. The van der Waals surface area contributed by atoms with E-state index in [0.717, 1.165) is 12.1 Å². The van der Waals surface area contributed by atoms with Gasteiger partial charge in [0, 0.05) is 0 Å². The highest BCUT2D eigenvalue weighted by Crippen LogP contribution is 2.36. The molecule has 1 unspecified atom stereocenters. The molecule has 126 valence electrons. The number of benzene rings is 1. The molecule has 0 aromatic heterocycles. The van der Waals surface area contributed by atoms with Gasteiger partial charge in [-0.05, 0) is 30.0 Å². The van der Waals surface area contributed by atoms with Crippen LogP contribution in [0.25, 0.3) is 0 Å². The lowest BCUT2D eigenvalue weighted by Crippen LogP contribution is -2.44. The monoisotopic (exact) mass is 338 g/mol. The Hall–Kier alpha value is -1.27. The van der Waals surface area contributed by atoms with E-state index in [-0.39, 0.29) is 12.4 Å². The molecule has 0 spiro atoms. The van der Waals surface area contributed by atoms with Crippen molar-refractivity contribution in [2.75, 3.05) is 0 Å². The molecule has 0 aliphatic rings. The first-order valence-electron chi connectivity index (χ1n) is 6.66. The summed E-state index contributed by atoms with van der Waals surface area (Å²) in [5.74, 6) is -0.396. The lowest BCUT2D eigenvalue weighted by molar-refractivity contribution is -0.137. The predicted octanol–water partition coefficient (Wildman–Crippen LogP) is 3.68. The van der Waals surface area contributed by atoms with Crippen LogP contribution in [0, 0.1) is 5.41 Å². The van der Waals surface area contributed by atoms with Crippen LogP contribution in [0.2, 0.25) is 0 Å². The molecule has 0 radical (unpaired) electrons. The van der Waals surface area contributed by atoms with Crippen LogP contribution in [0.3, 0.4) is 0 Å². The number of nitrogens with two attached hydrogens (primary N) is 1. The zero-order valence-electron chi connectivity index (χ0n) is 13.0. The van der Waals surface area contributed by atoms with Gasteiger partial charge in [0.05, 0.1) is 17.6 Å². The Morgan fingerprint density at radius 2 is 1.77 bits per heavy atom. The van der Waals surface area contributed by atoms with Crippen molar-refractivity contribution < 1.29 is 18.0 Å². The molecular weight excluding hydrogens is 317 g/mol. The van der Waals surface area contributed by atoms with Gasteiger partial charge in [-0.1, -0.05) is 32.9 Å². The smallest absolute Gasteiger partial charge is 0.347 e. The van der Waals surface area contributed by atoms with Gasteiger partial charge in [0.15, 0.2) is 0 Å². The third kappa shape index (κ3) is 5.50. The topological polar surface area (TPSA) is 55.1 Å². The van der Waals surface area contributed by atoms with Crippen molar-refractivity contribution in [2.24, 2.45) is 11.1 Å². The molecule has 1 aromatic rings. The minimum Gasteiger partial charge on any atom is -0.347 e. The lowest BCUT2D eigenvalue weighted by atomic mass is 9.81. The number of hydrogen-bond donors (Lipinski definition) is 2. The highest BCUT2D eigenvalue weighted by molar-refractivity contribution is 5.85. The SMILES string of the molecule is C[C@@H](N)C(=O)NC(c1cccc(C(F)(F)F)c1)C(C)(C)C.Cl. The molecule has 0 aliphatic heterocycles. The van der Waals surface area contributed by atoms with Crippen molar-refractivity contribution in [1.29, 1.82) is 0 Å². The van der Waals surface area contributed by atoms with Crippen molar-refractivity contribution >= 4 is 18.3 Å². The summed E-state index contributed by atoms with van der Waals surface area (Å²) in [6.45, 7) is 7.07. The summed E-state index contributed by atoms with van der Waals surface area (Å²) in [6.07, 6.45) is -4.41. The number of carbonyl (C=O) groups is 1. The summed E-state index contributed by atoms with van der Waals surface area (Å²) in [5.41, 5.74) is 4.74. The molecule has 1 aromatic carbocycles. The molecule has 7 heteroatoms. The fraction of sp³-hybridized carbons (Fsp3) is 0.533. The third-order valence-electron chi connectivity index (χ3n) is 3.11. The molecule has 1 rings (SSSR count). The summed E-state index contributed by atoms with van der Waals surface area (Å²) in [5, 5.41) is 2.72. The Morgan fingerprint density at radius 1 is 1.23 bits per heavy atom. The summed E-state index contributed by atoms with van der Waals surface area (Å²) < 4.78 is 38.4. The molecule has 0 bridgehead atoms. The average Bonchev–Trinajstić information content (AvgIpc) is 2.33. The van der Waals surface area contributed by atoms with Gasteiger partial charge in [0.25, 0.3) is 0 Å². The third-order valence-corrected chi connectivity index (χ3v) is 3.11. The largest absolute Gasteiger partial charge is 0.416 e. The Balaban J connectivity index is 0.00000441. The molecule has 0 aliphatic carbocycles. The second-order valence-corrected chi connectivity index (χ2v) is 6.22. The van der Waals surface area contributed by atoms with Crippen LogP contribution in [0.4, 0.5) is 13.2 Å². The van der Waals surface area contributed by atoms with E-state index in [1.54, 1.807) is 6.07 Å². The number of amides is 1. The summed E-state index contributed by atoms with van der Waals surface area (Å²) in [6, 6.07) is 3.72. The Kier molecular flexibility index (Phi) is 6.91. The second kappa shape index (κ2) is 7.33. The highest BCUT2D eigenvalue weighted by atomic mass is 35.5. The number of carbonyl (C=O) groups excluding carboxylic acids is 1. The van der Waals surface area contributed by atoms with Crippen LogP contribution < -0.4 is 11.1 Å². The Labute approximate surface area is 134 Å². The van der Waals surface area contributed by atoms with Crippen LogP contribution >= 0.6 is 12.4 Å². The van der Waals surface area contributed by atoms with Crippen LogP contribution in [-0.2, 0) is 11.0 Å². The van der Waals surface area contributed by atoms with Crippen LogP contribution in [-0.4, -0.2) is 11.9 Å². The highest BCUT2D eigenvalue weighted by Gasteiger charge is 2.33. The molecule has 0 heterocycles. The average molecular weight is 339 g/mol. The van der Waals surface area contributed by atoms with Gasteiger partial charge >= 0.3 is 6.18 Å². The normalized spacial score (nSPS) is 14.7. The van der Waals surface area contributed by atoms with Crippen LogP contribution in [0.5, 0.6) is 0 Å². The molecule has 2 atom stereocenters. The van der Waals surface area contributed by atoms with E-state index in [4.69, 9.17) is 5.73 Å². The summed E-state index contributed by atoms with van der Waals surface area (Å²) >= 11 is 0. The first-order valence-corrected chi connectivity index (χ1v) is 6.66. The lowest BCUT2D eigenvalue weighted by Gasteiger charge is -2.33. The number of nitrogens with one attached hydrogen (secondary N) is 1. The standard InChI is InChI=1S/C15H21F3N2O.ClH/c1-9(19)13(21)20-12(14(2,3)4)10-6-5-7-11(8-10)15(16,17)18;/h5-9,12H,19H2,1-4H3,(H,20,21);1H/t9-,12?;/m1./s1. The van der Waals surface area contributed by atoms with Crippen molar-refractivity contribution in [1.82, 2.24) is 5.32 Å². The van der Waals surface area contributed by atoms with Crippen molar-refractivity contribution in [3.05, 3.63) is 35.4 Å². The minimum absolute atomic E-state index is 0. The first-order chi connectivity index (χ1) is 9.43. The molecular formula is C15H22ClF3N2O. The maximum Gasteiger partial charge on any atom is 0.416 e. The number of alkyl halides is 3. The Bertz CT molecular complexity index is 510. The van der Waals surface area contributed by atoms with Gasteiger partial charge in [-0.25, -0.2) is 0 Å². The molecule has 0 saturated heterocycles. The van der Waals surface area contributed by atoms with Gasteiger partial charge in [-0.15, -0.1) is 12.4 Å². The molecule has 22 heavy (non-hydrogen) atoms. The summed E-state index contributed by atoms with van der Waals surface area (Å²) in [7, 11) is 0. The molecule has 3 N–H and O–H groups in total. The van der Waals surface area contributed by atoms with Crippen molar-refractivity contribution in [3.8, 4) is 0 Å². The van der Waals surface area contributed by atoms with E-state index in [9.17, 15) is 18.0 Å². The predicted molar refractivity (Wildman–Crippen MR) is 82.7 cm³/mol. The van der Waals surface area contributed by atoms with Gasteiger partial charge in [0.2, 0.25) is 5.91 Å². The van der Waals surface area contributed by atoms with Crippen molar-refractivity contribution in [3.63, 3.8) is 0 Å². The van der Waals surface area contributed by atoms with Gasteiger partial charge in [0.1, 0.15) is 0 Å². The van der Waals surface area contributed by atoms with E-state index in [1.165, 1.54) is 13.0 Å². The zero-order chi connectivity index (χ0) is 16.4. The van der Waals surface area contributed by atoms with E-state index in [1.807, 2.05) is 20.8 Å². The second-order valence-electron chi connectivity index (χ2n) is 6.22. The number of hydrogen-bond acceptors (Lipinski definition) is 2. The fourth-order valence-electron chi connectivity index (χ4n) is 1.97. The Morgan fingerprint density at radius 3 is 2.18 bits per heavy atom. The maximum atomic E-state index is 12.8. The van der Waals surface area contributed by atoms with E-state index < -0.39 is 35.1 Å². The molecule has 0 saturated carbocycles. The fourth-order valence-corrected chi connectivity index (χ4v) is 1.97.